The van der Waals surface area contributed by atoms with Crippen LogP contribution in [0.3, 0.4) is 0 Å². The Morgan fingerprint density at radius 1 is 1.23 bits per heavy atom. The molecule has 8 heteroatoms. The Balaban J connectivity index is 1.52. The summed E-state index contributed by atoms with van der Waals surface area (Å²) in [5, 5.41) is 6.43. The molecule has 30 heavy (non-hydrogen) atoms. The average molecular weight is 425 g/mol. The fourth-order valence-corrected chi connectivity index (χ4v) is 3.90. The number of para-hydroxylation sites is 1. The Kier molecular flexibility index (Phi) is 5.76. The maximum absolute atomic E-state index is 13.8. The van der Waals surface area contributed by atoms with Gasteiger partial charge >= 0.3 is 0 Å². The fraction of sp³-hybridized carbons (Fsp3) is 0.227. The molecule has 1 amide bonds. The molecule has 1 saturated heterocycles. The molecule has 6 nitrogen and oxygen atoms in total. The zero-order valence-electron chi connectivity index (χ0n) is 16.3. The third-order valence-corrected chi connectivity index (χ3v) is 5.33. The molecule has 0 radical (unpaired) electrons. The van der Waals surface area contributed by atoms with E-state index in [4.69, 9.17) is 16.6 Å². The zero-order chi connectivity index (χ0) is 21.1. The number of thiocarbonyl (C=S) groups is 1. The first-order valence-corrected chi connectivity index (χ1v) is 10.0. The molecule has 1 aliphatic rings. The van der Waals surface area contributed by atoms with E-state index in [1.54, 1.807) is 18.3 Å². The molecule has 0 saturated carbocycles. The van der Waals surface area contributed by atoms with E-state index in [-0.39, 0.29) is 30.1 Å². The highest BCUT2D eigenvalue weighted by atomic mass is 32.1. The van der Waals surface area contributed by atoms with Crippen LogP contribution in [0.4, 0.5) is 10.1 Å². The van der Waals surface area contributed by atoms with Crippen LogP contribution in [0.2, 0.25) is 0 Å². The van der Waals surface area contributed by atoms with Crippen molar-refractivity contribution in [2.45, 2.75) is 25.4 Å². The zero-order valence-corrected chi connectivity index (χ0v) is 17.2. The predicted molar refractivity (Wildman–Crippen MR) is 115 cm³/mol. The van der Waals surface area contributed by atoms with E-state index in [0.29, 0.717) is 11.7 Å². The summed E-state index contributed by atoms with van der Waals surface area (Å²) in [5.74, 6) is 0.770. The van der Waals surface area contributed by atoms with E-state index < -0.39 is 5.82 Å². The van der Waals surface area contributed by atoms with E-state index in [1.807, 2.05) is 42.2 Å². The molecule has 1 aromatic carbocycles. The van der Waals surface area contributed by atoms with Crippen LogP contribution in [0.15, 0.2) is 65.2 Å². The van der Waals surface area contributed by atoms with Gasteiger partial charge in [0.25, 0.3) is 0 Å². The molecule has 3 heterocycles. The SMILES string of the molecule is Cc1ccc(C2C(c3ccccn3)NC(=S)N2CCC(=O)Nc2ccccc2F)o1. The van der Waals surface area contributed by atoms with Crippen LogP contribution in [0.1, 0.15) is 35.7 Å². The predicted octanol–water partition coefficient (Wildman–Crippen LogP) is 4.12. The second-order valence-corrected chi connectivity index (χ2v) is 7.43. The lowest BCUT2D eigenvalue weighted by atomic mass is 10.0. The molecule has 2 N–H and O–H groups in total. The van der Waals surface area contributed by atoms with Crippen LogP contribution in [-0.2, 0) is 4.79 Å². The van der Waals surface area contributed by atoms with Gasteiger partial charge in [0.2, 0.25) is 5.91 Å². The molecular weight excluding hydrogens is 403 g/mol. The fourth-order valence-electron chi connectivity index (χ4n) is 3.56. The number of furan rings is 1. The van der Waals surface area contributed by atoms with Crippen LogP contribution in [-0.4, -0.2) is 27.4 Å². The first-order valence-electron chi connectivity index (χ1n) is 9.61. The number of amides is 1. The number of carbonyl (C=O) groups excluding carboxylic acids is 1. The minimum atomic E-state index is -0.469. The maximum atomic E-state index is 13.8. The van der Waals surface area contributed by atoms with Gasteiger partial charge in [-0.25, -0.2) is 4.39 Å². The van der Waals surface area contributed by atoms with E-state index in [9.17, 15) is 9.18 Å². The summed E-state index contributed by atoms with van der Waals surface area (Å²) in [6, 6.07) is 15.1. The Morgan fingerprint density at radius 2 is 2.03 bits per heavy atom. The number of hydrogen-bond donors (Lipinski definition) is 2. The Labute approximate surface area is 179 Å². The standard InChI is InChI=1S/C22H21FN4O2S/c1-14-9-10-18(29-14)21-20(17-8-4-5-12-24-17)26-22(30)27(21)13-11-19(28)25-16-7-3-2-6-15(16)23/h2-10,12,20-21H,11,13H2,1H3,(H,25,28)(H,26,30). The first-order chi connectivity index (χ1) is 14.5. The van der Waals surface area contributed by atoms with Crippen molar-refractivity contribution in [1.29, 1.82) is 0 Å². The van der Waals surface area contributed by atoms with Crippen LogP contribution in [0.5, 0.6) is 0 Å². The van der Waals surface area contributed by atoms with Gasteiger partial charge in [-0.1, -0.05) is 18.2 Å². The third kappa shape index (κ3) is 4.18. The molecule has 2 atom stereocenters. The van der Waals surface area contributed by atoms with E-state index in [0.717, 1.165) is 17.2 Å². The summed E-state index contributed by atoms with van der Waals surface area (Å²) < 4.78 is 19.7. The normalized spacial score (nSPS) is 18.3. The topological polar surface area (TPSA) is 70.4 Å². The van der Waals surface area contributed by atoms with Crippen LogP contribution in [0.25, 0.3) is 0 Å². The molecule has 2 unspecified atom stereocenters. The van der Waals surface area contributed by atoms with Gasteiger partial charge in [0.1, 0.15) is 23.4 Å². The second-order valence-electron chi connectivity index (χ2n) is 7.05. The van der Waals surface area contributed by atoms with Crippen molar-refractivity contribution >= 4 is 28.9 Å². The Morgan fingerprint density at radius 3 is 2.73 bits per heavy atom. The van der Waals surface area contributed by atoms with Crippen molar-refractivity contribution in [3.05, 3.63) is 83.8 Å². The molecular formula is C22H21FN4O2S. The van der Waals surface area contributed by atoms with Gasteiger partial charge in [-0.15, -0.1) is 0 Å². The average Bonchev–Trinajstić information content (AvgIpc) is 3.31. The van der Waals surface area contributed by atoms with E-state index in [2.05, 4.69) is 15.6 Å². The lowest BCUT2D eigenvalue weighted by Gasteiger charge is -2.25. The quantitative estimate of drug-likeness (QED) is 0.580. The number of benzene rings is 1. The van der Waals surface area contributed by atoms with Crippen molar-refractivity contribution in [2.75, 3.05) is 11.9 Å². The maximum Gasteiger partial charge on any atom is 0.226 e. The summed E-state index contributed by atoms with van der Waals surface area (Å²) in [6.45, 7) is 2.23. The lowest BCUT2D eigenvalue weighted by Crippen LogP contribution is -2.32. The van der Waals surface area contributed by atoms with E-state index >= 15 is 0 Å². The van der Waals surface area contributed by atoms with Gasteiger partial charge in [0.05, 0.1) is 17.4 Å². The summed E-state index contributed by atoms with van der Waals surface area (Å²) >= 11 is 5.56. The number of nitrogens with zero attached hydrogens (tertiary/aromatic N) is 2. The molecule has 1 fully saturated rings. The molecule has 1 aliphatic heterocycles. The smallest absolute Gasteiger partial charge is 0.226 e. The minimum absolute atomic E-state index is 0.140. The number of carbonyl (C=O) groups is 1. The van der Waals surface area contributed by atoms with Crippen LogP contribution in [0, 0.1) is 12.7 Å². The number of rotatable bonds is 6. The molecule has 3 aromatic rings. The third-order valence-electron chi connectivity index (χ3n) is 4.98. The number of aryl methyl sites for hydroxylation is 1. The molecule has 0 spiro atoms. The molecule has 0 bridgehead atoms. The summed E-state index contributed by atoms with van der Waals surface area (Å²) in [5.41, 5.74) is 0.992. The van der Waals surface area contributed by atoms with Crippen molar-refractivity contribution in [2.24, 2.45) is 0 Å². The monoisotopic (exact) mass is 424 g/mol. The molecule has 0 aliphatic carbocycles. The van der Waals surface area contributed by atoms with Gasteiger partial charge in [-0.3, -0.25) is 9.78 Å². The molecule has 4 rings (SSSR count). The number of aromatic nitrogens is 1. The van der Waals surface area contributed by atoms with Crippen molar-refractivity contribution < 1.29 is 13.6 Å². The van der Waals surface area contributed by atoms with Crippen molar-refractivity contribution in [3.63, 3.8) is 0 Å². The summed E-state index contributed by atoms with van der Waals surface area (Å²) in [4.78, 5) is 18.8. The van der Waals surface area contributed by atoms with Crippen LogP contribution < -0.4 is 10.6 Å². The van der Waals surface area contributed by atoms with Gasteiger partial charge in [0.15, 0.2) is 5.11 Å². The van der Waals surface area contributed by atoms with Gasteiger partial charge in [-0.2, -0.15) is 0 Å². The van der Waals surface area contributed by atoms with Gasteiger partial charge < -0.3 is 20.0 Å². The highest BCUT2D eigenvalue weighted by Crippen LogP contribution is 2.39. The van der Waals surface area contributed by atoms with Crippen LogP contribution >= 0.6 is 12.2 Å². The molecule has 2 aromatic heterocycles. The number of halogens is 1. The Hall–Kier alpha value is -3.26. The number of hydrogen-bond acceptors (Lipinski definition) is 4. The number of pyridine rings is 1. The number of nitrogens with one attached hydrogen (secondary N) is 2. The first kappa shape index (κ1) is 20.0. The molecule has 154 valence electrons. The largest absolute Gasteiger partial charge is 0.464 e. The highest BCUT2D eigenvalue weighted by molar-refractivity contribution is 7.80. The lowest BCUT2D eigenvalue weighted by molar-refractivity contribution is -0.116. The van der Waals surface area contributed by atoms with E-state index in [1.165, 1.54) is 12.1 Å². The summed E-state index contributed by atoms with van der Waals surface area (Å²) in [6.07, 6.45) is 1.87. The Bertz CT molecular complexity index is 1060. The highest BCUT2D eigenvalue weighted by Gasteiger charge is 2.41. The number of anilines is 1. The van der Waals surface area contributed by atoms with Crippen molar-refractivity contribution in [3.8, 4) is 0 Å². The minimum Gasteiger partial charge on any atom is -0.464 e. The van der Waals surface area contributed by atoms with Gasteiger partial charge in [-0.05, 0) is 55.5 Å². The summed E-state index contributed by atoms with van der Waals surface area (Å²) in [7, 11) is 0. The van der Waals surface area contributed by atoms with Crippen molar-refractivity contribution in [1.82, 2.24) is 15.2 Å². The second kappa shape index (κ2) is 8.62. The van der Waals surface area contributed by atoms with Gasteiger partial charge in [0, 0.05) is 19.2 Å².